The SMILES string of the molecule is COC(=O)c1cccc(NCc2ccsc2)c1. The van der Waals surface area contributed by atoms with Gasteiger partial charge in [-0.2, -0.15) is 11.3 Å². The highest BCUT2D eigenvalue weighted by Gasteiger charge is 2.05. The monoisotopic (exact) mass is 247 g/mol. The van der Waals surface area contributed by atoms with Gasteiger partial charge in [-0.25, -0.2) is 4.79 Å². The van der Waals surface area contributed by atoms with Crippen molar-refractivity contribution in [3.63, 3.8) is 0 Å². The molecular formula is C13H13NO2S. The molecule has 0 saturated heterocycles. The molecule has 3 nitrogen and oxygen atoms in total. The Balaban J connectivity index is 2.03. The lowest BCUT2D eigenvalue weighted by Crippen LogP contribution is -2.03. The van der Waals surface area contributed by atoms with Crippen LogP contribution in [0.3, 0.4) is 0 Å². The second-order valence-electron chi connectivity index (χ2n) is 3.56. The number of carbonyl (C=O) groups excluding carboxylic acids is 1. The van der Waals surface area contributed by atoms with E-state index in [1.54, 1.807) is 23.5 Å². The van der Waals surface area contributed by atoms with Gasteiger partial charge >= 0.3 is 5.97 Å². The van der Waals surface area contributed by atoms with Crippen LogP contribution in [0.4, 0.5) is 5.69 Å². The van der Waals surface area contributed by atoms with Crippen LogP contribution in [-0.4, -0.2) is 13.1 Å². The highest BCUT2D eigenvalue weighted by atomic mass is 32.1. The van der Waals surface area contributed by atoms with E-state index in [4.69, 9.17) is 0 Å². The average molecular weight is 247 g/mol. The number of carbonyl (C=O) groups is 1. The minimum absolute atomic E-state index is 0.316. The van der Waals surface area contributed by atoms with E-state index in [-0.39, 0.29) is 5.97 Å². The number of anilines is 1. The van der Waals surface area contributed by atoms with Gasteiger partial charge in [-0.3, -0.25) is 0 Å². The van der Waals surface area contributed by atoms with Crippen molar-refractivity contribution in [2.45, 2.75) is 6.54 Å². The molecule has 17 heavy (non-hydrogen) atoms. The summed E-state index contributed by atoms with van der Waals surface area (Å²) in [5.74, 6) is -0.316. The molecule has 0 amide bonds. The van der Waals surface area contributed by atoms with Crippen LogP contribution in [0.1, 0.15) is 15.9 Å². The van der Waals surface area contributed by atoms with E-state index in [1.165, 1.54) is 12.7 Å². The minimum atomic E-state index is -0.316. The summed E-state index contributed by atoms with van der Waals surface area (Å²) in [7, 11) is 1.38. The Labute approximate surface area is 104 Å². The largest absolute Gasteiger partial charge is 0.465 e. The Bertz CT molecular complexity index is 494. The molecule has 0 saturated carbocycles. The molecule has 0 bridgehead atoms. The third-order valence-corrected chi connectivity index (χ3v) is 3.09. The molecule has 2 aromatic rings. The van der Waals surface area contributed by atoms with E-state index < -0.39 is 0 Å². The van der Waals surface area contributed by atoms with Gasteiger partial charge in [0.25, 0.3) is 0 Å². The predicted octanol–water partition coefficient (Wildman–Crippen LogP) is 3.15. The zero-order chi connectivity index (χ0) is 12.1. The average Bonchev–Trinajstić information content (AvgIpc) is 2.89. The number of hydrogen-bond donors (Lipinski definition) is 1. The summed E-state index contributed by atoms with van der Waals surface area (Å²) in [6.07, 6.45) is 0. The first-order chi connectivity index (χ1) is 8.29. The molecule has 0 atom stereocenters. The summed E-state index contributed by atoms with van der Waals surface area (Å²) >= 11 is 1.67. The Kier molecular flexibility index (Phi) is 3.77. The van der Waals surface area contributed by atoms with Crippen molar-refractivity contribution in [2.75, 3.05) is 12.4 Å². The normalized spacial score (nSPS) is 9.94. The molecule has 1 aromatic carbocycles. The van der Waals surface area contributed by atoms with Gasteiger partial charge < -0.3 is 10.1 Å². The van der Waals surface area contributed by atoms with Crippen LogP contribution in [0.25, 0.3) is 0 Å². The first-order valence-electron chi connectivity index (χ1n) is 5.23. The number of thiophene rings is 1. The van der Waals surface area contributed by atoms with Crippen molar-refractivity contribution in [2.24, 2.45) is 0 Å². The van der Waals surface area contributed by atoms with Crippen LogP contribution in [-0.2, 0) is 11.3 Å². The van der Waals surface area contributed by atoms with Crippen molar-refractivity contribution < 1.29 is 9.53 Å². The molecule has 0 spiro atoms. The lowest BCUT2D eigenvalue weighted by atomic mass is 10.2. The van der Waals surface area contributed by atoms with Crippen molar-refractivity contribution in [1.29, 1.82) is 0 Å². The fraction of sp³-hybridized carbons (Fsp3) is 0.154. The number of hydrogen-bond acceptors (Lipinski definition) is 4. The van der Waals surface area contributed by atoms with E-state index in [9.17, 15) is 4.79 Å². The molecule has 0 fully saturated rings. The summed E-state index contributed by atoms with van der Waals surface area (Å²) in [6.45, 7) is 0.758. The van der Waals surface area contributed by atoms with E-state index >= 15 is 0 Å². The van der Waals surface area contributed by atoms with Gasteiger partial charge in [0.2, 0.25) is 0 Å². The molecule has 2 rings (SSSR count). The van der Waals surface area contributed by atoms with Gasteiger partial charge in [0.1, 0.15) is 0 Å². The van der Waals surface area contributed by atoms with Gasteiger partial charge in [0, 0.05) is 12.2 Å². The highest BCUT2D eigenvalue weighted by Crippen LogP contribution is 2.14. The topological polar surface area (TPSA) is 38.3 Å². The maximum Gasteiger partial charge on any atom is 0.337 e. The van der Waals surface area contributed by atoms with Crippen molar-refractivity contribution in [3.05, 3.63) is 52.2 Å². The number of esters is 1. The van der Waals surface area contributed by atoms with E-state index in [0.29, 0.717) is 5.56 Å². The summed E-state index contributed by atoms with van der Waals surface area (Å²) < 4.78 is 4.68. The Morgan fingerprint density at radius 2 is 2.29 bits per heavy atom. The number of benzene rings is 1. The first kappa shape index (κ1) is 11.7. The smallest absolute Gasteiger partial charge is 0.337 e. The molecular weight excluding hydrogens is 234 g/mol. The van der Waals surface area contributed by atoms with Crippen molar-refractivity contribution in [1.82, 2.24) is 0 Å². The Morgan fingerprint density at radius 3 is 3.00 bits per heavy atom. The van der Waals surface area contributed by atoms with Gasteiger partial charge in [-0.15, -0.1) is 0 Å². The van der Waals surface area contributed by atoms with Crippen LogP contribution >= 0.6 is 11.3 Å². The summed E-state index contributed by atoms with van der Waals surface area (Å²) in [5, 5.41) is 7.40. The second-order valence-corrected chi connectivity index (χ2v) is 4.34. The molecule has 1 N–H and O–H groups in total. The zero-order valence-corrected chi connectivity index (χ0v) is 10.3. The number of rotatable bonds is 4. The van der Waals surface area contributed by atoms with Crippen LogP contribution in [0.15, 0.2) is 41.1 Å². The summed E-state index contributed by atoms with van der Waals surface area (Å²) in [5.41, 5.74) is 2.71. The molecule has 0 aliphatic carbocycles. The standard InChI is InChI=1S/C13H13NO2S/c1-16-13(15)11-3-2-4-12(7-11)14-8-10-5-6-17-9-10/h2-7,9,14H,8H2,1H3. The number of nitrogens with one attached hydrogen (secondary N) is 1. The molecule has 4 heteroatoms. The van der Waals surface area contributed by atoms with Gasteiger partial charge in [-0.05, 0) is 40.6 Å². The molecule has 0 unspecified atom stereocenters. The summed E-state index contributed by atoms with van der Waals surface area (Å²) in [4.78, 5) is 11.4. The predicted molar refractivity (Wildman–Crippen MR) is 69.4 cm³/mol. The zero-order valence-electron chi connectivity index (χ0n) is 9.47. The lowest BCUT2D eigenvalue weighted by molar-refractivity contribution is 0.0601. The number of ether oxygens (including phenoxy) is 1. The maximum atomic E-state index is 11.4. The molecule has 0 aliphatic heterocycles. The van der Waals surface area contributed by atoms with E-state index in [2.05, 4.69) is 21.5 Å². The maximum absolute atomic E-state index is 11.4. The first-order valence-corrected chi connectivity index (χ1v) is 6.17. The molecule has 0 radical (unpaired) electrons. The Morgan fingerprint density at radius 1 is 1.41 bits per heavy atom. The van der Waals surface area contributed by atoms with Crippen LogP contribution in [0, 0.1) is 0 Å². The van der Waals surface area contributed by atoms with Crippen LogP contribution in [0.5, 0.6) is 0 Å². The van der Waals surface area contributed by atoms with Gasteiger partial charge in [0.05, 0.1) is 12.7 Å². The van der Waals surface area contributed by atoms with Gasteiger partial charge in [0.15, 0.2) is 0 Å². The van der Waals surface area contributed by atoms with Crippen molar-refractivity contribution in [3.8, 4) is 0 Å². The fourth-order valence-corrected chi connectivity index (χ4v) is 2.14. The Hall–Kier alpha value is -1.81. The van der Waals surface area contributed by atoms with Gasteiger partial charge in [-0.1, -0.05) is 6.07 Å². The highest BCUT2D eigenvalue weighted by molar-refractivity contribution is 7.07. The second kappa shape index (κ2) is 5.50. The van der Waals surface area contributed by atoms with E-state index in [1.807, 2.05) is 17.5 Å². The molecule has 88 valence electrons. The third kappa shape index (κ3) is 3.07. The number of methoxy groups -OCH3 is 1. The minimum Gasteiger partial charge on any atom is -0.465 e. The molecule has 1 aromatic heterocycles. The van der Waals surface area contributed by atoms with E-state index in [0.717, 1.165) is 12.2 Å². The third-order valence-electron chi connectivity index (χ3n) is 2.36. The van der Waals surface area contributed by atoms with Crippen molar-refractivity contribution >= 4 is 23.0 Å². The molecule has 0 aliphatic rings. The lowest BCUT2D eigenvalue weighted by Gasteiger charge is -2.06. The molecule has 1 heterocycles. The van der Waals surface area contributed by atoms with Crippen LogP contribution < -0.4 is 5.32 Å². The quantitative estimate of drug-likeness (QED) is 0.843. The van der Waals surface area contributed by atoms with Crippen LogP contribution in [0.2, 0.25) is 0 Å². The summed E-state index contributed by atoms with van der Waals surface area (Å²) in [6, 6.07) is 9.36. The fourth-order valence-electron chi connectivity index (χ4n) is 1.47.